The Labute approximate surface area is 72.8 Å². The normalized spacial score (nSPS) is 9.83. The predicted molar refractivity (Wildman–Crippen MR) is 43.1 cm³/mol. The van der Waals surface area contributed by atoms with Crippen molar-refractivity contribution in [2.24, 2.45) is 0 Å². The fraction of sp³-hybridized carbons (Fsp3) is 0.125. The van der Waals surface area contributed by atoms with Gasteiger partial charge in [-0.2, -0.15) is 0 Å². The fourth-order valence-corrected chi connectivity index (χ4v) is 1.37. The number of carbonyl (C=O) groups excluding carboxylic acids is 1. The molecule has 1 nitrogen and oxygen atoms in total. The van der Waals surface area contributed by atoms with Crippen LogP contribution in [0.3, 0.4) is 0 Å². The highest BCUT2D eigenvalue weighted by Crippen LogP contribution is 2.22. The van der Waals surface area contributed by atoms with Crippen LogP contribution in [0.15, 0.2) is 23.1 Å². The zero-order chi connectivity index (χ0) is 8.97. The molecule has 1 aromatic rings. The van der Waals surface area contributed by atoms with Crippen LogP contribution in [0.5, 0.6) is 0 Å². The van der Waals surface area contributed by atoms with Crippen molar-refractivity contribution in [3.63, 3.8) is 0 Å². The van der Waals surface area contributed by atoms with Gasteiger partial charge in [0.15, 0.2) is 11.6 Å². The van der Waals surface area contributed by atoms with Gasteiger partial charge < -0.3 is 4.79 Å². The van der Waals surface area contributed by atoms with Gasteiger partial charge in [-0.1, -0.05) is 6.07 Å². The highest BCUT2D eigenvalue weighted by Gasteiger charge is 2.06. The third-order valence-electron chi connectivity index (χ3n) is 1.22. The summed E-state index contributed by atoms with van der Waals surface area (Å²) in [6.07, 6.45) is 0.648. The fourth-order valence-electron chi connectivity index (χ4n) is 0.719. The molecule has 0 aliphatic heterocycles. The standard InChI is InChI=1S/C8H6F2OS/c9-6-2-1-3-7(8(6)10)12-5-4-11/h1-4H,5H2. The van der Waals surface area contributed by atoms with Crippen molar-refractivity contribution in [1.29, 1.82) is 0 Å². The zero-order valence-electron chi connectivity index (χ0n) is 6.09. The van der Waals surface area contributed by atoms with Crippen LogP contribution in [0.2, 0.25) is 0 Å². The summed E-state index contributed by atoms with van der Waals surface area (Å²) in [5, 5.41) is 0. The van der Waals surface area contributed by atoms with Gasteiger partial charge in [0.2, 0.25) is 0 Å². The number of aldehydes is 1. The van der Waals surface area contributed by atoms with Crippen molar-refractivity contribution in [3.8, 4) is 0 Å². The highest BCUT2D eigenvalue weighted by molar-refractivity contribution is 7.99. The first-order valence-electron chi connectivity index (χ1n) is 3.26. The third kappa shape index (κ3) is 2.04. The van der Waals surface area contributed by atoms with E-state index in [1.807, 2.05) is 0 Å². The van der Waals surface area contributed by atoms with E-state index in [2.05, 4.69) is 0 Å². The van der Waals surface area contributed by atoms with Crippen molar-refractivity contribution in [3.05, 3.63) is 29.8 Å². The maximum absolute atomic E-state index is 12.8. The van der Waals surface area contributed by atoms with E-state index < -0.39 is 11.6 Å². The molecule has 0 amide bonds. The molecule has 12 heavy (non-hydrogen) atoms. The Morgan fingerprint density at radius 2 is 2.17 bits per heavy atom. The summed E-state index contributed by atoms with van der Waals surface area (Å²) in [7, 11) is 0. The molecule has 0 saturated heterocycles. The molecule has 0 N–H and O–H groups in total. The Balaban J connectivity index is 2.84. The van der Waals surface area contributed by atoms with Gasteiger partial charge in [0, 0.05) is 4.90 Å². The van der Waals surface area contributed by atoms with Crippen LogP contribution in [0.1, 0.15) is 0 Å². The molecule has 1 rings (SSSR count). The number of thioether (sulfide) groups is 1. The smallest absolute Gasteiger partial charge is 0.172 e. The van der Waals surface area contributed by atoms with Gasteiger partial charge in [0.05, 0.1) is 5.75 Å². The largest absolute Gasteiger partial charge is 0.302 e. The summed E-state index contributed by atoms with van der Waals surface area (Å²) in [6, 6.07) is 3.89. The quantitative estimate of drug-likeness (QED) is 0.534. The number of rotatable bonds is 3. The molecule has 0 aliphatic rings. The molecular weight excluding hydrogens is 182 g/mol. The van der Waals surface area contributed by atoms with Crippen LogP contribution in [-0.2, 0) is 4.79 Å². The number of hydrogen-bond donors (Lipinski definition) is 0. The van der Waals surface area contributed by atoms with Crippen molar-refractivity contribution < 1.29 is 13.6 Å². The van der Waals surface area contributed by atoms with Gasteiger partial charge in [-0.25, -0.2) is 8.78 Å². The number of hydrogen-bond acceptors (Lipinski definition) is 2. The molecule has 1 aromatic carbocycles. The van der Waals surface area contributed by atoms with E-state index in [0.717, 1.165) is 17.8 Å². The second kappa shape index (κ2) is 4.21. The molecule has 0 fully saturated rings. The lowest BCUT2D eigenvalue weighted by Crippen LogP contribution is -1.88. The average molecular weight is 188 g/mol. The van der Waals surface area contributed by atoms with E-state index in [4.69, 9.17) is 0 Å². The molecule has 0 unspecified atom stereocenters. The van der Waals surface area contributed by atoms with E-state index in [1.165, 1.54) is 12.1 Å². The first kappa shape index (κ1) is 9.19. The van der Waals surface area contributed by atoms with Crippen LogP contribution >= 0.6 is 11.8 Å². The van der Waals surface area contributed by atoms with E-state index in [-0.39, 0.29) is 10.6 Å². The van der Waals surface area contributed by atoms with E-state index >= 15 is 0 Å². The SMILES string of the molecule is O=CCSc1cccc(F)c1F. The molecule has 0 spiro atoms. The monoisotopic (exact) mass is 188 g/mol. The Hall–Kier alpha value is -0.900. The molecule has 0 radical (unpaired) electrons. The van der Waals surface area contributed by atoms with Gasteiger partial charge in [0.25, 0.3) is 0 Å². The summed E-state index contributed by atoms with van der Waals surface area (Å²) >= 11 is 0.978. The minimum absolute atomic E-state index is 0.139. The molecule has 4 heteroatoms. The lowest BCUT2D eigenvalue weighted by Gasteiger charge is -1.99. The topological polar surface area (TPSA) is 17.1 Å². The van der Waals surface area contributed by atoms with Gasteiger partial charge in [-0.3, -0.25) is 0 Å². The highest BCUT2D eigenvalue weighted by atomic mass is 32.2. The Morgan fingerprint density at radius 3 is 2.83 bits per heavy atom. The van der Waals surface area contributed by atoms with E-state index in [1.54, 1.807) is 0 Å². The van der Waals surface area contributed by atoms with Gasteiger partial charge in [-0.15, -0.1) is 11.8 Å². The molecule has 0 bridgehead atoms. The Morgan fingerprint density at radius 1 is 1.42 bits per heavy atom. The predicted octanol–water partition coefficient (Wildman–Crippen LogP) is 2.26. The first-order valence-corrected chi connectivity index (χ1v) is 4.24. The lowest BCUT2D eigenvalue weighted by molar-refractivity contribution is -0.105. The van der Waals surface area contributed by atoms with Crippen LogP contribution in [0, 0.1) is 11.6 Å². The van der Waals surface area contributed by atoms with Crippen molar-refractivity contribution in [1.82, 2.24) is 0 Å². The molecule has 0 saturated carbocycles. The zero-order valence-corrected chi connectivity index (χ0v) is 6.91. The van der Waals surface area contributed by atoms with Gasteiger partial charge in [0.1, 0.15) is 6.29 Å². The van der Waals surface area contributed by atoms with Crippen LogP contribution in [0.25, 0.3) is 0 Å². The molecule has 64 valence electrons. The number of halogens is 2. The summed E-state index contributed by atoms with van der Waals surface area (Å²) in [5.41, 5.74) is 0. The maximum Gasteiger partial charge on any atom is 0.172 e. The van der Waals surface area contributed by atoms with Crippen molar-refractivity contribution >= 4 is 18.0 Å². The van der Waals surface area contributed by atoms with Crippen molar-refractivity contribution in [2.75, 3.05) is 5.75 Å². The second-order valence-electron chi connectivity index (χ2n) is 2.03. The number of carbonyl (C=O) groups is 1. The third-order valence-corrected chi connectivity index (χ3v) is 2.15. The number of benzene rings is 1. The van der Waals surface area contributed by atoms with Crippen molar-refractivity contribution in [2.45, 2.75) is 4.90 Å². The Kier molecular flexibility index (Phi) is 3.22. The van der Waals surface area contributed by atoms with Gasteiger partial charge in [-0.05, 0) is 12.1 Å². The molecule has 0 aliphatic carbocycles. The summed E-state index contributed by atoms with van der Waals surface area (Å²) in [4.78, 5) is 10.1. The second-order valence-corrected chi connectivity index (χ2v) is 3.09. The lowest BCUT2D eigenvalue weighted by atomic mass is 10.3. The summed E-state index contributed by atoms with van der Waals surface area (Å²) < 4.78 is 25.3. The maximum atomic E-state index is 12.8. The van der Waals surface area contributed by atoms with Crippen LogP contribution < -0.4 is 0 Å². The van der Waals surface area contributed by atoms with Crippen LogP contribution in [-0.4, -0.2) is 12.0 Å². The summed E-state index contributed by atoms with van der Waals surface area (Å²) in [6.45, 7) is 0. The molecule has 0 heterocycles. The molecule has 0 atom stereocenters. The average Bonchev–Trinajstić information content (AvgIpc) is 2.08. The minimum atomic E-state index is -0.885. The Bertz CT molecular complexity index is 288. The molecule has 0 aromatic heterocycles. The molecular formula is C8H6F2OS. The van der Waals surface area contributed by atoms with E-state index in [9.17, 15) is 13.6 Å². The summed E-state index contributed by atoms with van der Waals surface area (Å²) in [5.74, 6) is -1.63. The van der Waals surface area contributed by atoms with Gasteiger partial charge >= 0.3 is 0 Å². The minimum Gasteiger partial charge on any atom is -0.302 e. The first-order chi connectivity index (χ1) is 5.75. The van der Waals surface area contributed by atoms with Crippen LogP contribution in [0.4, 0.5) is 8.78 Å². The van der Waals surface area contributed by atoms with E-state index in [0.29, 0.717) is 6.29 Å².